The van der Waals surface area contributed by atoms with Crippen LogP contribution < -0.4 is 0 Å². The van der Waals surface area contributed by atoms with Crippen molar-refractivity contribution < 1.29 is 20.1 Å². The van der Waals surface area contributed by atoms with Crippen LogP contribution in [0.4, 0.5) is 0 Å². The monoisotopic (exact) mass is 263 g/mol. The molecule has 1 atom stereocenters. The highest BCUT2D eigenvalue weighted by atomic mass is 16.5. The topological polar surface area (TPSA) is 73.2 Å². The van der Waals surface area contributed by atoms with E-state index in [9.17, 15) is 5.11 Å². The first-order valence-corrected chi connectivity index (χ1v) is 6.94. The zero-order valence-corrected chi connectivity index (χ0v) is 11.6. The molecule has 0 aromatic heterocycles. The summed E-state index contributed by atoms with van der Waals surface area (Å²) in [6.07, 6.45) is 4.09. The van der Waals surface area contributed by atoms with Crippen molar-refractivity contribution in [2.45, 2.75) is 38.7 Å². The molecule has 0 rings (SSSR count). The molecule has 0 aromatic rings. The average molecular weight is 263 g/mol. The van der Waals surface area contributed by atoms with Gasteiger partial charge in [-0.1, -0.05) is 26.2 Å². The molecule has 0 aliphatic rings. The van der Waals surface area contributed by atoms with Crippen molar-refractivity contribution in [1.82, 2.24) is 4.90 Å². The quantitative estimate of drug-likeness (QED) is 0.415. The second-order valence-electron chi connectivity index (χ2n) is 4.54. The smallest absolute Gasteiger partial charge is 0.0900 e. The van der Waals surface area contributed by atoms with E-state index in [0.29, 0.717) is 32.8 Å². The molecule has 110 valence electrons. The number of hydrogen-bond donors (Lipinski definition) is 3. The average Bonchev–Trinajstić information content (AvgIpc) is 2.34. The molecular weight excluding hydrogens is 234 g/mol. The van der Waals surface area contributed by atoms with Crippen LogP contribution in [0.25, 0.3) is 0 Å². The lowest BCUT2D eigenvalue weighted by Gasteiger charge is -2.23. The van der Waals surface area contributed by atoms with Gasteiger partial charge in [0.15, 0.2) is 0 Å². The first kappa shape index (κ1) is 17.8. The number of hydrogen-bond acceptors (Lipinski definition) is 5. The Morgan fingerprint density at radius 3 is 2.28 bits per heavy atom. The fourth-order valence-corrected chi connectivity index (χ4v) is 1.78. The van der Waals surface area contributed by atoms with E-state index >= 15 is 0 Å². The van der Waals surface area contributed by atoms with Crippen LogP contribution in [-0.4, -0.2) is 72.4 Å². The summed E-state index contributed by atoms with van der Waals surface area (Å²) in [7, 11) is 0. The Morgan fingerprint density at radius 2 is 1.72 bits per heavy atom. The summed E-state index contributed by atoms with van der Waals surface area (Å²) in [6.45, 7) is 4.60. The molecule has 0 bridgehead atoms. The zero-order chi connectivity index (χ0) is 13.6. The number of aliphatic hydroxyl groups is 3. The van der Waals surface area contributed by atoms with Gasteiger partial charge in [0.05, 0.1) is 25.9 Å². The van der Waals surface area contributed by atoms with E-state index in [0.717, 1.165) is 6.42 Å². The van der Waals surface area contributed by atoms with E-state index in [-0.39, 0.29) is 13.2 Å². The van der Waals surface area contributed by atoms with E-state index in [2.05, 4.69) is 6.92 Å². The third-order valence-corrected chi connectivity index (χ3v) is 2.75. The molecule has 1 unspecified atom stereocenters. The Balaban J connectivity index is 3.51. The van der Waals surface area contributed by atoms with Crippen LogP contribution in [-0.2, 0) is 4.74 Å². The fourth-order valence-electron chi connectivity index (χ4n) is 1.78. The lowest BCUT2D eigenvalue weighted by atomic mass is 10.2. The van der Waals surface area contributed by atoms with Crippen LogP contribution in [0.15, 0.2) is 0 Å². The highest BCUT2D eigenvalue weighted by molar-refractivity contribution is 4.63. The molecule has 0 aliphatic heterocycles. The van der Waals surface area contributed by atoms with E-state index in [1.807, 2.05) is 4.90 Å². The Morgan fingerprint density at radius 1 is 1.06 bits per heavy atom. The Kier molecular flexibility index (Phi) is 13.1. The third kappa shape index (κ3) is 10.9. The molecule has 0 heterocycles. The van der Waals surface area contributed by atoms with Crippen molar-refractivity contribution in [3.63, 3.8) is 0 Å². The summed E-state index contributed by atoms with van der Waals surface area (Å²) in [5, 5.41) is 27.4. The molecule has 0 aromatic carbocycles. The summed E-state index contributed by atoms with van der Waals surface area (Å²) >= 11 is 0. The number of unbranched alkanes of at least 4 members (excludes halogenated alkanes) is 3. The third-order valence-electron chi connectivity index (χ3n) is 2.75. The molecule has 18 heavy (non-hydrogen) atoms. The lowest BCUT2D eigenvalue weighted by molar-refractivity contribution is 0.0104. The number of nitrogens with zero attached hydrogens (tertiary/aromatic N) is 1. The second-order valence-corrected chi connectivity index (χ2v) is 4.54. The van der Waals surface area contributed by atoms with Crippen molar-refractivity contribution in [3.8, 4) is 0 Å². The van der Waals surface area contributed by atoms with E-state index in [1.54, 1.807) is 0 Å². The molecule has 0 saturated carbocycles. The van der Waals surface area contributed by atoms with Gasteiger partial charge in [-0.2, -0.15) is 0 Å². The van der Waals surface area contributed by atoms with Crippen molar-refractivity contribution in [2.75, 3.05) is 46.1 Å². The highest BCUT2D eigenvalue weighted by Gasteiger charge is 2.10. The SMILES string of the molecule is CCCCCCOCC(O)CN(CCO)CCO. The van der Waals surface area contributed by atoms with Crippen LogP contribution in [0, 0.1) is 0 Å². The van der Waals surface area contributed by atoms with Crippen LogP contribution in [0.5, 0.6) is 0 Å². The number of ether oxygens (including phenoxy) is 1. The molecule has 0 radical (unpaired) electrons. The van der Waals surface area contributed by atoms with E-state index in [4.69, 9.17) is 14.9 Å². The molecule has 0 aliphatic carbocycles. The molecule has 3 N–H and O–H groups in total. The molecule has 0 spiro atoms. The molecule has 0 fully saturated rings. The van der Waals surface area contributed by atoms with Gasteiger partial charge in [-0.25, -0.2) is 0 Å². The summed E-state index contributed by atoms with van der Waals surface area (Å²) in [4.78, 5) is 1.82. The maximum atomic E-state index is 9.75. The van der Waals surface area contributed by atoms with Gasteiger partial charge in [0, 0.05) is 26.2 Å². The summed E-state index contributed by atoms with van der Waals surface area (Å²) < 4.78 is 5.40. The molecule has 5 heteroatoms. The van der Waals surface area contributed by atoms with Gasteiger partial charge >= 0.3 is 0 Å². The Hall–Kier alpha value is -0.200. The first-order chi connectivity index (χ1) is 8.74. The van der Waals surface area contributed by atoms with Gasteiger partial charge in [-0.15, -0.1) is 0 Å². The minimum atomic E-state index is -0.561. The lowest BCUT2D eigenvalue weighted by Crippen LogP contribution is -2.38. The summed E-state index contributed by atoms with van der Waals surface area (Å²) in [6, 6.07) is 0. The second kappa shape index (κ2) is 13.2. The van der Waals surface area contributed by atoms with Crippen molar-refractivity contribution >= 4 is 0 Å². The van der Waals surface area contributed by atoms with Crippen LogP contribution in [0.1, 0.15) is 32.6 Å². The van der Waals surface area contributed by atoms with Crippen molar-refractivity contribution in [1.29, 1.82) is 0 Å². The maximum Gasteiger partial charge on any atom is 0.0900 e. The summed E-state index contributed by atoms with van der Waals surface area (Å²) in [5.74, 6) is 0. The van der Waals surface area contributed by atoms with Gasteiger partial charge in [0.2, 0.25) is 0 Å². The molecule has 0 saturated heterocycles. The van der Waals surface area contributed by atoms with Gasteiger partial charge in [0.25, 0.3) is 0 Å². The highest BCUT2D eigenvalue weighted by Crippen LogP contribution is 2.00. The van der Waals surface area contributed by atoms with Gasteiger partial charge in [0.1, 0.15) is 0 Å². The van der Waals surface area contributed by atoms with Gasteiger partial charge in [-0.05, 0) is 6.42 Å². The van der Waals surface area contributed by atoms with Crippen LogP contribution in [0.3, 0.4) is 0 Å². The van der Waals surface area contributed by atoms with E-state index < -0.39 is 6.10 Å². The van der Waals surface area contributed by atoms with Gasteiger partial charge in [-0.3, -0.25) is 4.90 Å². The minimum Gasteiger partial charge on any atom is -0.395 e. The van der Waals surface area contributed by atoms with Crippen molar-refractivity contribution in [2.24, 2.45) is 0 Å². The Bertz CT molecular complexity index is 163. The van der Waals surface area contributed by atoms with Crippen LogP contribution in [0.2, 0.25) is 0 Å². The van der Waals surface area contributed by atoms with Crippen molar-refractivity contribution in [3.05, 3.63) is 0 Å². The zero-order valence-electron chi connectivity index (χ0n) is 11.6. The predicted molar refractivity (Wildman–Crippen MR) is 71.6 cm³/mol. The van der Waals surface area contributed by atoms with Gasteiger partial charge < -0.3 is 20.1 Å². The Labute approximate surface area is 110 Å². The largest absolute Gasteiger partial charge is 0.395 e. The maximum absolute atomic E-state index is 9.75. The van der Waals surface area contributed by atoms with Crippen LogP contribution >= 0.6 is 0 Å². The molecule has 0 amide bonds. The first-order valence-electron chi connectivity index (χ1n) is 6.94. The molecular formula is C13H29NO4. The summed E-state index contributed by atoms with van der Waals surface area (Å²) in [5.41, 5.74) is 0. The fraction of sp³-hybridized carbons (Fsp3) is 1.00. The minimum absolute atomic E-state index is 0.0323. The number of rotatable bonds is 13. The standard InChI is InChI=1S/C13H29NO4/c1-2-3-4-5-10-18-12-13(17)11-14(6-8-15)7-9-16/h13,15-17H,2-12H2,1H3. The number of aliphatic hydroxyl groups excluding tert-OH is 3. The van der Waals surface area contributed by atoms with E-state index in [1.165, 1.54) is 19.3 Å². The molecule has 5 nitrogen and oxygen atoms in total. The predicted octanol–water partition coefficient (Wildman–Crippen LogP) is 0.231. The normalized spacial score (nSPS) is 13.2.